The fraction of sp³-hybridized carbons (Fsp3) is 0.138. The molecule has 5 rings (SSSR count). The van der Waals surface area contributed by atoms with Crippen molar-refractivity contribution < 1.29 is 33.4 Å². The Morgan fingerprint density at radius 3 is 2.34 bits per heavy atom. The van der Waals surface area contributed by atoms with Crippen molar-refractivity contribution >= 4 is 40.9 Å². The van der Waals surface area contributed by atoms with Crippen LogP contribution in [0.25, 0.3) is 11.3 Å². The Morgan fingerprint density at radius 2 is 1.71 bits per heavy atom. The molecule has 0 radical (unpaired) electrons. The molecule has 1 aliphatic heterocycles. The number of carbonyl (C=O) groups excluding carboxylic acids is 1. The van der Waals surface area contributed by atoms with Gasteiger partial charge in [0.1, 0.15) is 23.4 Å². The normalized spacial score (nSPS) is 16.3. The highest BCUT2D eigenvalue weighted by Gasteiger charge is 2.41. The highest BCUT2D eigenvalue weighted by molar-refractivity contribution is 7.80. The van der Waals surface area contributed by atoms with Crippen molar-refractivity contribution in [1.29, 1.82) is 0 Å². The first-order chi connectivity index (χ1) is 19.7. The third kappa shape index (κ3) is 6.07. The Morgan fingerprint density at radius 1 is 1.00 bits per heavy atom. The Bertz CT molecular complexity index is 1590. The number of benzene rings is 2. The van der Waals surface area contributed by atoms with Crippen LogP contribution in [-0.2, 0) is 4.79 Å². The molecule has 0 bridgehead atoms. The van der Waals surface area contributed by atoms with Gasteiger partial charge in [-0.2, -0.15) is 0 Å². The highest BCUT2D eigenvalue weighted by Crippen LogP contribution is 2.40. The summed E-state index contributed by atoms with van der Waals surface area (Å²) in [7, 11) is 0. The maximum absolute atomic E-state index is 13.2. The van der Waals surface area contributed by atoms with Gasteiger partial charge in [0.15, 0.2) is 5.11 Å². The lowest BCUT2D eigenvalue weighted by molar-refractivity contribution is -0.116. The third-order valence-corrected chi connectivity index (χ3v) is 6.89. The van der Waals surface area contributed by atoms with Gasteiger partial charge in [-0.15, -0.1) is 0 Å². The summed E-state index contributed by atoms with van der Waals surface area (Å²) >= 11 is 5.62. The molecule has 1 saturated heterocycles. The number of carboxylic acids is 2. The number of rotatable bonds is 9. The van der Waals surface area contributed by atoms with Gasteiger partial charge in [0, 0.05) is 30.4 Å². The van der Waals surface area contributed by atoms with Gasteiger partial charge in [-0.05, 0) is 78.9 Å². The quantitative estimate of drug-likeness (QED) is 0.204. The van der Waals surface area contributed by atoms with Crippen LogP contribution >= 0.6 is 12.2 Å². The zero-order chi connectivity index (χ0) is 29.1. The van der Waals surface area contributed by atoms with E-state index in [1.165, 1.54) is 36.4 Å². The fourth-order valence-corrected chi connectivity index (χ4v) is 4.95. The maximum Gasteiger partial charge on any atom is 0.335 e. The predicted molar refractivity (Wildman–Crippen MR) is 150 cm³/mol. The summed E-state index contributed by atoms with van der Waals surface area (Å²) in [5.41, 5.74) is 1.03. The van der Waals surface area contributed by atoms with Crippen molar-refractivity contribution in [3.8, 4) is 11.3 Å². The molecule has 3 heterocycles. The molecule has 12 heteroatoms. The number of nitrogens with zero attached hydrogens (tertiary/aromatic N) is 2. The predicted octanol–water partition coefficient (Wildman–Crippen LogP) is 4.88. The number of carbonyl (C=O) groups is 3. The number of anilines is 1. The molecule has 0 spiro atoms. The molecular formula is C29H23FN4O6S. The molecule has 4 aromatic rings. The van der Waals surface area contributed by atoms with E-state index in [0.29, 0.717) is 22.3 Å². The SMILES string of the molecule is O=C(CCN1C(=S)N[C@H](c2ccccn2)[C@@H]1c1ccc(-c2cc(C(=O)O)cc(C(=O)O)c2)o1)Nc1ccc(F)cc1. The Kier molecular flexibility index (Phi) is 7.74. The minimum atomic E-state index is -1.27. The minimum absolute atomic E-state index is 0.0564. The second kappa shape index (κ2) is 11.6. The van der Waals surface area contributed by atoms with Crippen molar-refractivity contribution in [1.82, 2.24) is 15.2 Å². The van der Waals surface area contributed by atoms with E-state index in [0.717, 1.165) is 6.07 Å². The average Bonchev–Trinajstić information content (AvgIpc) is 3.58. The molecule has 4 N–H and O–H groups in total. The van der Waals surface area contributed by atoms with Crippen LogP contribution in [-0.4, -0.2) is 49.6 Å². The van der Waals surface area contributed by atoms with Crippen LogP contribution in [0.2, 0.25) is 0 Å². The van der Waals surface area contributed by atoms with Crippen LogP contribution in [0.1, 0.15) is 50.7 Å². The number of halogens is 1. The van der Waals surface area contributed by atoms with Crippen molar-refractivity contribution in [2.24, 2.45) is 0 Å². The summed E-state index contributed by atoms with van der Waals surface area (Å²) < 4.78 is 19.4. The second-order valence-corrected chi connectivity index (χ2v) is 9.62. The zero-order valence-corrected chi connectivity index (χ0v) is 22.1. The van der Waals surface area contributed by atoms with E-state index in [1.54, 1.807) is 29.3 Å². The molecule has 2 aromatic heterocycles. The minimum Gasteiger partial charge on any atom is -0.478 e. The molecule has 1 fully saturated rings. The second-order valence-electron chi connectivity index (χ2n) is 9.24. The van der Waals surface area contributed by atoms with Crippen molar-refractivity contribution in [3.05, 3.63) is 107 Å². The first-order valence-corrected chi connectivity index (χ1v) is 12.9. The summed E-state index contributed by atoms with van der Waals surface area (Å²) in [5, 5.41) is 25.3. The molecule has 1 aliphatic rings. The number of amides is 1. The van der Waals surface area contributed by atoms with E-state index in [1.807, 2.05) is 12.1 Å². The summed E-state index contributed by atoms with van der Waals surface area (Å²) in [4.78, 5) is 42.2. The van der Waals surface area contributed by atoms with E-state index in [4.69, 9.17) is 16.6 Å². The topological polar surface area (TPSA) is 145 Å². The number of pyridine rings is 1. The average molecular weight is 575 g/mol. The summed E-state index contributed by atoms with van der Waals surface area (Å²) in [6, 6.07) is 17.0. The summed E-state index contributed by atoms with van der Waals surface area (Å²) in [5.74, 6) is -2.55. The first kappa shape index (κ1) is 27.5. The van der Waals surface area contributed by atoms with E-state index < -0.39 is 29.8 Å². The molecule has 2 atom stereocenters. The number of aromatic nitrogens is 1. The molecule has 10 nitrogen and oxygen atoms in total. The van der Waals surface area contributed by atoms with E-state index in [2.05, 4.69) is 15.6 Å². The Balaban J connectivity index is 1.44. The van der Waals surface area contributed by atoms with E-state index >= 15 is 0 Å². The van der Waals surface area contributed by atoms with E-state index in [9.17, 15) is 29.0 Å². The molecule has 0 aliphatic carbocycles. The molecule has 1 amide bonds. The van der Waals surface area contributed by atoms with Crippen molar-refractivity contribution in [2.75, 3.05) is 11.9 Å². The van der Waals surface area contributed by atoms with Gasteiger partial charge in [0.05, 0.1) is 22.9 Å². The maximum atomic E-state index is 13.2. The number of hydrogen-bond acceptors (Lipinski definition) is 6. The number of hydrogen-bond donors (Lipinski definition) is 4. The van der Waals surface area contributed by atoms with Gasteiger partial charge in [-0.1, -0.05) is 6.07 Å². The lowest BCUT2D eigenvalue weighted by atomic mass is 10.0. The fourth-order valence-electron chi connectivity index (χ4n) is 4.62. The number of furan rings is 1. The van der Waals surface area contributed by atoms with Gasteiger partial charge in [0.25, 0.3) is 0 Å². The van der Waals surface area contributed by atoms with Gasteiger partial charge < -0.3 is 30.2 Å². The number of nitrogens with one attached hydrogen (secondary N) is 2. The van der Waals surface area contributed by atoms with Gasteiger partial charge in [-0.3, -0.25) is 9.78 Å². The zero-order valence-electron chi connectivity index (χ0n) is 21.3. The number of thiocarbonyl (C=S) groups is 1. The standard InChI is InChI=1S/C29H23FN4O6S/c30-19-4-6-20(7-5-19)32-24(35)10-12-34-26(25(33-29(34)41)21-3-1-2-11-31-21)23-9-8-22(40-23)16-13-17(27(36)37)15-18(14-16)28(38)39/h1-9,11,13-15,25-26H,10,12H2,(H,32,35)(H,33,41)(H,36,37)(H,38,39)/t25-,26+/m1/s1. The molecule has 0 unspecified atom stereocenters. The molecule has 0 saturated carbocycles. The number of carboxylic acid groups (broad SMARTS) is 2. The van der Waals surface area contributed by atoms with Gasteiger partial charge in [0.2, 0.25) is 5.91 Å². The lowest BCUT2D eigenvalue weighted by Crippen LogP contribution is -2.32. The number of aromatic carboxylic acids is 2. The highest BCUT2D eigenvalue weighted by atomic mass is 32.1. The summed E-state index contributed by atoms with van der Waals surface area (Å²) in [6.07, 6.45) is 1.70. The van der Waals surface area contributed by atoms with Crippen LogP contribution < -0.4 is 10.6 Å². The lowest BCUT2D eigenvalue weighted by Gasteiger charge is -2.25. The van der Waals surface area contributed by atoms with Crippen molar-refractivity contribution in [2.45, 2.75) is 18.5 Å². The largest absolute Gasteiger partial charge is 0.478 e. The summed E-state index contributed by atoms with van der Waals surface area (Å²) in [6.45, 7) is 0.209. The van der Waals surface area contributed by atoms with Crippen LogP contribution in [0.5, 0.6) is 0 Å². The van der Waals surface area contributed by atoms with Crippen LogP contribution in [0.3, 0.4) is 0 Å². The Hall–Kier alpha value is -5.10. The first-order valence-electron chi connectivity index (χ1n) is 12.4. The van der Waals surface area contributed by atoms with Crippen LogP contribution in [0.4, 0.5) is 10.1 Å². The molecule has 41 heavy (non-hydrogen) atoms. The molecular weight excluding hydrogens is 551 g/mol. The van der Waals surface area contributed by atoms with Crippen molar-refractivity contribution in [3.63, 3.8) is 0 Å². The monoisotopic (exact) mass is 574 g/mol. The van der Waals surface area contributed by atoms with Gasteiger partial charge >= 0.3 is 11.9 Å². The third-order valence-electron chi connectivity index (χ3n) is 6.54. The molecule has 2 aromatic carbocycles. The molecule has 208 valence electrons. The Labute approximate surface area is 238 Å². The van der Waals surface area contributed by atoms with Crippen LogP contribution in [0.15, 0.2) is 83.4 Å². The van der Waals surface area contributed by atoms with Gasteiger partial charge in [-0.25, -0.2) is 14.0 Å². The van der Waals surface area contributed by atoms with Crippen LogP contribution in [0, 0.1) is 5.82 Å². The van der Waals surface area contributed by atoms with E-state index in [-0.39, 0.29) is 41.3 Å². The smallest absolute Gasteiger partial charge is 0.335 e.